The highest BCUT2D eigenvalue weighted by atomic mass is 19.1. The Morgan fingerprint density at radius 1 is 1.42 bits per heavy atom. The lowest BCUT2D eigenvalue weighted by Crippen LogP contribution is -2.49. The van der Waals surface area contributed by atoms with Gasteiger partial charge in [-0.2, -0.15) is 0 Å². The first-order chi connectivity index (χ1) is 9.13. The molecule has 0 spiro atoms. The van der Waals surface area contributed by atoms with Gasteiger partial charge in [-0.05, 0) is 18.9 Å². The normalized spacial score (nSPS) is 25.8. The van der Waals surface area contributed by atoms with Crippen molar-refractivity contribution in [3.8, 4) is 0 Å². The van der Waals surface area contributed by atoms with Crippen LogP contribution in [0.15, 0.2) is 30.3 Å². The van der Waals surface area contributed by atoms with Crippen LogP contribution in [0.2, 0.25) is 0 Å². The zero-order valence-corrected chi connectivity index (χ0v) is 11.4. The van der Waals surface area contributed by atoms with Crippen LogP contribution in [0.4, 0.5) is 4.39 Å². The van der Waals surface area contributed by atoms with Crippen molar-refractivity contribution in [2.75, 3.05) is 13.7 Å². The van der Waals surface area contributed by atoms with Crippen LogP contribution in [-0.2, 0) is 9.53 Å². The first-order valence-electron chi connectivity index (χ1n) is 6.66. The lowest BCUT2D eigenvalue weighted by molar-refractivity contribution is -0.150. The number of rotatable bonds is 3. The monoisotopic (exact) mass is 265 g/mol. The molecule has 0 radical (unpaired) electrons. The smallest absolute Gasteiger partial charge is 0.323 e. The van der Waals surface area contributed by atoms with Crippen molar-refractivity contribution in [3.05, 3.63) is 35.9 Å². The van der Waals surface area contributed by atoms with Crippen LogP contribution < -0.4 is 0 Å². The van der Waals surface area contributed by atoms with Crippen molar-refractivity contribution in [2.24, 2.45) is 0 Å². The van der Waals surface area contributed by atoms with Gasteiger partial charge < -0.3 is 4.74 Å². The number of alkyl halides is 1. The van der Waals surface area contributed by atoms with Crippen LogP contribution in [0.5, 0.6) is 0 Å². The second kappa shape index (κ2) is 6.15. The third-order valence-corrected chi connectivity index (χ3v) is 3.83. The van der Waals surface area contributed by atoms with Crippen molar-refractivity contribution in [1.82, 2.24) is 4.90 Å². The van der Waals surface area contributed by atoms with E-state index in [4.69, 9.17) is 4.74 Å². The maximum atomic E-state index is 13.5. The van der Waals surface area contributed by atoms with Crippen molar-refractivity contribution in [1.29, 1.82) is 0 Å². The van der Waals surface area contributed by atoms with E-state index in [0.717, 1.165) is 5.56 Å². The molecule has 3 atom stereocenters. The Bertz CT molecular complexity index is 423. The molecule has 1 aromatic rings. The lowest BCUT2D eigenvalue weighted by atomic mass is 9.96. The Morgan fingerprint density at radius 2 is 2.11 bits per heavy atom. The highest BCUT2D eigenvalue weighted by Crippen LogP contribution is 2.30. The van der Waals surface area contributed by atoms with E-state index in [9.17, 15) is 9.18 Å². The summed E-state index contributed by atoms with van der Waals surface area (Å²) < 4.78 is 18.3. The zero-order valence-electron chi connectivity index (χ0n) is 11.4. The molecule has 3 nitrogen and oxygen atoms in total. The molecule has 1 saturated heterocycles. The molecule has 1 aliphatic rings. The fourth-order valence-electron chi connectivity index (χ4n) is 2.69. The molecular weight excluding hydrogens is 245 g/mol. The average molecular weight is 265 g/mol. The topological polar surface area (TPSA) is 29.5 Å². The van der Waals surface area contributed by atoms with Gasteiger partial charge in [0.05, 0.1) is 7.11 Å². The number of ether oxygens (including phenoxy) is 1. The van der Waals surface area contributed by atoms with Gasteiger partial charge in [-0.15, -0.1) is 0 Å². The number of nitrogens with zero attached hydrogens (tertiary/aromatic N) is 1. The van der Waals surface area contributed by atoms with Crippen molar-refractivity contribution in [2.45, 2.75) is 38.0 Å². The van der Waals surface area contributed by atoms with Crippen molar-refractivity contribution in [3.63, 3.8) is 0 Å². The third kappa shape index (κ3) is 3.13. The Hall–Kier alpha value is -1.42. The summed E-state index contributed by atoms with van der Waals surface area (Å²) in [5.74, 6) is -0.342. The third-order valence-electron chi connectivity index (χ3n) is 3.83. The Labute approximate surface area is 113 Å². The molecule has 0 N–H and O–H groups in total. The lowest BCUT2D eigenvalue weighted by Gasteiger charge is -2.39. The van der Waals surface area contributed by atoms with E-state index in [1.807, 2.05) is 42.2 Å². The van der Waals surface area contributed by atoms with E-state index >= 15 is 0 Å². The molecule has 1 aliphatic heterocycles. The largest absolute Gasteiger partial charge is 0.468 e. The molecule has 0 saturated carbocycles. The predicted molar refractivity (Wildman–Crippen MR) is 71.5 cm³/mol. The van der Waals surface area contributed by atoms with Gasteiger partial charge in [-0.1, -0.05) is 30.3 Å². The molecule has 0 aromatic heterocycles. The Kier molecular flexibility index (Phi) is 4.53. The second-order valence-electron chi connectivity index (χ2n) is 4.99. The van der Waals surface area contributed by atoms with E-state index < -0.39 is 12.2 Å². The van der Waals surface area contributed by atoms with Gasteiger partial charge in [0, 0.05) is 19.0 Å². The maximum Gasteiger partial charge on any atom is 0.323 e. The number of carbonyl (C=O) groups is 1. The number of methoxy groups -OCH3 is 1. The number of piperidine rings is 1. The van der Waals surface area contributed by atoms with Gasteiger partial charge in [-0.3, -0.25) is 9.69 Å². The molecule has 2 rings (SSSR count). The molecular formula is C15H20FNO2. The molecule has 0 aliphatic carbocycles. The number of hydrogen-bond donors (Lipinski definition) is 0. The number of halogens is 1. The van der Waals surface area contributed by atoms with Gasteiger partial charge in [0.2, 0.25) is 0 Å². The van der Waals surface area contributed by atoms with Gasteiger partial charge in [0.1, 0.15) is 12.2 Å². The highest BCUT2D eigenvalue weighted by molar-refractivity contribution is 5.76. The minimum Gasteiger partial charge on any atom is -0.468 e. The highest BCUT2D eigenvalue weighted by Gasteiger charge is 2.36. The molecule has 104 valence electrons. The van der Waals surface area contributed by atoms with Crippen LogP contribution in [0.1, 0.15) is 31.4 Å². The number of esters is 1. The van der Waals surface area contributed by atoms with E-state index in [1.165, 1.54) is 7.11 Å². The summed E-state index contributed by atoms with van der Waals surface area (Å²) in [5, 5.41) is 0. The summed E-state index contributed by atoms with van der Waals surface area (Å²) in [6.07, 6.45) is -0.211. The van der Waals surface area contributed by atoms with Gasteiger partial charge in [-0.25, -0.2) is 4.39 Å². The Balaban J connectivity index is 2.18. The molecule has 0 amide bonds. The summed E-state index contributed by atoms with van der Waals surface area (Å²) in [6.45, 7) is 2.63. The first-order valence-corrected chi connectivity index (χ1v) is 6.66. The summed E-state index contributed by atoms with van der Waals surface area (Å²) in [6, 6.07) is 9.56. The summed E-state index contributed by atoms with van der Waals surface area (Å²) in [5.41, 5.74) is 1.13. The average Bonchev–Trinajstić information content (AvgIpc) is 2.46. The van der Waals surface area contributed by atoms with Crippen LogP contribution in [-0.4, -0.2) is 36.7 Å². The van der Waals surface area contributed by atoms with E-state index in [2.05, 4.69) is 0 Å². The van der Waals surface area contributed by atoms with Crippen LogP contribution >= 0.6 is 0 Å². The van der Waals surface area contributed by atoms with Gasteiger partial charge >= 0.3 is 5.97 Å². The number of benzene rings is 1. The minimum atomic E-state index is -0.914. The van der Waals surface area contributed by atoms with E-state index in [1.54, 1.807) is 0 Å². The number of hydrogen-bond acceptors (Lipinski definition) is 3. The summed E-state index contributed by atoms with van der Waals surface area (Å²) in [7, 11) is 1.36. The SMILES string of the molecule is COC(=O)[C@@H]1C[C@@H](F)CCN1[C@@H](C)c1ccccc1. The molecule has 1 fully saturated rings. The van der Waals surface area contributed by atoms with E-state index in [0.29, 0.717) is 13.0 Å². The molecule has 1 aromatic carbocycles. The van der Waals surface area contributed by atoms with Crippen molar-refractivity contribution < 1.29 is 13.9 Å². The van der Waals surface area contributed by atoms with Gasteiger partial charge in [0.25, 0.3) is 0 Å². The summed E-state index contributed by atoms with van der Waals surface area (Å²) in [4.78, 5) is 13.9. The molecule has 4 heteroatoms. The van der Waals surface area contributed by atoms with Gasteiger partial charge in [0.15, 0.2) is 0 Å². The van der Waals surface area contributed by atoms with Crippen LogP contribution in [0.3, 0.4) is 0 Å². The quantitative estimate of drug-likeness (QED) is 0.787. The number of likely N-dealkylation sites (tertiary alicyclic amines) is 1. The molecule has 1 heterocycles. The van der Waals surface area contributed by atoms with Crippen LogP contribution in [0.25, 0.3) is 0 Å². The first kappa shape index (κ1) is 14.0. The fourth-order valence-corrected chi connectivity index (χ4v) is 2.69. The Morgan fingerprint density at radius 3 is 2.74 bits per heavy atom. The molecule has 19 heavy (non-hydrogen) atoms. The van der Waals surface area contributed by atoms with Crippen molar-refractivity contribution >= 4 is 5.97 Å². The van der Waals surface area contributed by atoms with Crippen LogP contribution in [0, 0.1) is 0 Å². The summed E-state index contributed by atoms with van der Waals surface area (Å²) >= 11 is 0. The fraction of sp³-hybridized carbons (Fsp3) is 0.533. The number of carbonyl (C=O) groups excluding carboxylic acids is 1. The standard InChI is InChI=1S/C15H20FNO2/c1-11(12-6-4-3-5-7-12)17-9-8-13(16)10-14(17)15(18)19-2/h3-7,11,13-14H,8-10H2,1-2H3/t11-,13-,14-/m0/s1. The second-order valence-corrected chi connectivity index (χ2v) is 4.99. The molecule has 0 unspecified atom stereocenters. The predicted octanol–water partition coefficient (Wildman–Crippen LogP) is 2.72. The molecule has 0 bridgehead atoms. The zero-order chi connectivity index (χ0) is 13.8. The minimum absolute atomic E-state index is 0.0813. The maximum absolute atomic E-state index is 13.5. The van der Waals surface area contributed by atoms with E-state index in [-0.39, 0.29) is 18.4 Å².